The van der Waals surface area contributed by atoms with Crippen molar-refractivity contribution in [3.63, 3.8) is 0 Å². The second-order valence-electron chi connectivity index (χ2n) is 7.94. The van der Waals surface area contributed by atoms with Gasteiger partial charge in [0.2, 0.25) is 0 Å². The summed E-state index contributed by atoms with van der Waals surface area (Å²) in [7, 11) is 1.89. The van der Waals surface area contributed by atoms with Crippen LogP contribution in [0.1, 0.15) is 38.9 Å². The summed E-state index contributed by atoms with van der Waals surface area (Å²) < 4.78 is 35.5. The normalized spacial score (nSPS) is 15.2. The lowest BCUT2D eigenvalue weighted by Gasteiger charge is -2.27. The molecule has 1 amide bonds. The van der Waals surface area contributed by atoms with Crippen molar-refractivity contribution in [1.29, 1.82) is 0 Å². The number of amides is 1. The number of rotatable bonds is 4. The molecule has 1 unspecified atom stereocenters. The number of hydrogen-bond donors (Lipinski definition) is 3. The van der Waals surface area contributed by atoms with Crippen LogP contribution in [0.5, 0.6) is 0 Å². The van der Waals surface area contributed by atoms with Gasteiger partial charge in [-0.3, -0.25) is 9.48 Å². The molecule has 3 heterocycles. The first-order chi connectivity index (χ1) is 16.0. The number of carboxylic acids is 1. The summed E-state index contributed by atoms with van der Waals surface area (Å²) >= 11 is 0. The molecule has 182 valence electrons. The quantitative estimate of drug-likeness (QED) is 0.536. The fourth-order valence-corrected chi connectivity index (χ4v) is 3.93. The number of carbonyl (C=O) groups excluding carboxylic acids is 1. The van der Waals surface area contributed by atoms with E-state index in [-0.39, 0.29) is 11.9 Å². The van der Waals surface area contributed by atoms with E-state index in [1.165, 1.54) is 11.1 Å². The van der Waals surface area contributed by atoms with Crippen molar-refractivity contribution in [2.75, 3.05) is 13.1 Å². The van der Waals surface area contributed by atoms with Crippen molar-refractivity contribution in [1.82, 2.24) is 25.0 Å². The molecule has 0 aliphatic carbocycles. The molecule has 1 aliphatic heterocycles. The topological polar surface area (TPSA) is 101 Å². The maximum absolute atomic E-state index is 12.8. The second kappa shape index (κ2) is 10.1. The molecule has 8 nitrogen and oxygen atoms in total. The second-order valence-corrected chi connectivity index (χ2v) is 7.94. The standard InChI is InChI=1S/C21H25N5O.C2HF3O2/c1-14-12-18(15(2)26(14)20-9-11-25(3)24-20)21(27)23-13-19-17-7-5-4-6-16(17)8-10-22-19;3-2(4,5)1(6)7/h4-7,9,11-12,19,22H,8,10,13H2,1-3H3,(H,23,27);(H,6,7). The molecule has 0 spiro atoms. The third kappa shape index (κ3) is 5.66. The van der Waals surface area contributed by atoms with Crippen molar-refractivity contribution in [3.8, 4) is 5.82 Å². The van der Waals surface area contributed by atoms with Crippen molar-refractivity contribution in [3.05, 3.63) is 70.7 Å². The summed E-state index contributed by atoms with van der Waals surface area (Å²) in [5, 5.41) is 18.2. The number of nitrogens with zero attached hydrogens (tertiary/aromatic N) is 3. The van der Waals surface area contributed by atoms with Gasteiger partial charge in [0.25, 0.3) is 5.91 Å². The molecule has 1 aliphatic rings. The van der Waals surface area contributed by atoms with E-state index in [9.17, 15) is 18.0 Å². The third-order valence-corrected chi connectivity index (χ3v) is 5.53. The van der Waals surface area contributed by atoms with Gasteiger partial charge in [-0.15, -0.1) is 0 Å². The Labute approximate surface area is 194 Å². The number of aliphatic carboxylic acids is 1. The van der Waals surface area contributed by atoms with Gasteiger partial charge in [-0.05, 0) is 44.0 Å². The average molecular weight is 477 g/mol. The molecule has 2 aromatic heterocycles. The van der Waals surface area contributed by atoms with Crippen LogP contribution in [0, 0.1) is 13.8 Å². The molecule has 1 aromatic carbocycles. The van der Waals surface area contributed by atoms with Crippen LogP contribution in [0.15, 0.2) is 42.6 Å². The Hall–Kier alpha value is -3.60. The highest BCUT2D eigenvalue weighted by molar-refractivity contribution is 5.96. The van der Waals surface area contributed by atoms with Gasteiger partial charge in [-0.2, -0.15) is 18.3 Å². The highest BCUT2D eigenvalue weighted by atomic mass is 19.4. The zero-order chi connectivity index (χ0) is 25.0. The Morgan fingerprint density at radius 2 is 1.91 bits per heavy atom. The smallest absolute Gasteiger partial charge is 0.475 e. The number of halogens is 3. The lowest BCUT2D eigenvalue weighted by Crippen LogP contribution is -2.38. The molecule has 34 heavy (non-hydrogen) atoms. The zero-order valence-corrected chi connectivity index (χ0v) is 19.0. The molecule has 1 atom stereocenters. The molecule has 3 aromatic rings. The van der Waals surface area contributed by atoms with Crippen LogP contribution in [0.4, 0.5) is 13.2 Å². The Kier molecular flexibility index (Phi) is 7.45. The number of nitrogens with one attached hydrogen (secondary N) is 2. The summed E-state index contributed by atoms with van der Waals surface area (Å²) in [6.45, 7) is 5.47. The van der Waals surface area contributed by atoms with E-state index < -0.39 is 12.1 Å². The molecular formula is C23H26F3N5O3. The SMILES string of the molecule is Cc1cc(C(=O)NCC2NCCc3ccccc32)c(C)n1-c1ccn(C)n1.O=C(O)C(F)(F)F. The predicted molar refractivity (Wildman–Crippen MR) is 119 cm³/mol. The minimum absolute atomic E-state index is 0.0462. The lowest BCUT2D eigenvalue weighted by atomic mass is 9.94. The first-order valence-corrected chi connectivity index (χ1v) is 10.6. The minimum atomic E-state index is -5.08. The number of hydrogen-bond acceptors (Lipinski definition) is 4. The molecule has 4 rings (SSSR count). The van der Waals surface area contributed by atoms with Crippen LogP contribution < -0.4 is 10.6 Å². The van der Waals surface area contributed by atoms with Crippen LogP contribution in [0.3, 0.4) is 0 Å². The Morgan fingerprint density at radius 1 is 1.24 bits per heavy atom. The highest BCUT2D eigenvalue weighted by Crippen LogP contribution is 2.23. The molecule has 0 radical (unpaired) electrons. The first kappa shape index (κ1) is 25.0. The van der Waals surface area contributed by atoms with Crippen LogP contribution in [0.2, 0.25) is 0 Å². The van der Waals surface area contributed by atoms with E-state index in [1.54, 1.807) is 4.68 Å². The number of aromatic nitrogens is 3. The van der Waals surface area contributed by atoms with Gasteiger partial charge < -0.3 is 20.3 Å². The van der Waals surface area contributed by atoms with Gasteiger partial charge in [0.1, 0.15) is 0 Å². The number of fused-ring (bicyclic) bond motifs is 1. The van der Waals surface area contributed by atoms with Crippen molar-refractivity contribution in [2.24, 2.45) is 7.05 Å². The summed E-state index contributed by atoms with van der Waals surface area (Å²) in [6.07, 6.45) is -2.15. The Bertz CT molecular complexity index is 1180. The number of carbonyl (C=O) groups is 2. The van der Waals surface area contributed by atoms with Gasteiger partial charge in [-0.1, -0.05) is 24.3 Å². The van der Waals surface area contributed by atoms with Gasteiger partial charge in [0.15, 0.2) is 5.82 Å². The largest absolute Gasteiger partial charge is 0.490 e. The van der Waals surface area contributed by atoms with Gasteiger partial charge in [0.05, 0.1) is 5.56 Å². The van der Waals surface area contributed by atoms with Crippen LogP contribution >= 0.6 is 0 Å². The summed E-state index contributed by atoms with van der Waals surface area (Å²) in [4.78, 5) is 21.7. The van der Waals surface area contributed by atoms with E-state index in [0.29, 0.717) is 12.1 Å². The highest BCUT2D eigenvalue weighted by Gasteiger charge is 2.38. The summed E-state index contributed by atoms with van der Waals surface area (Å²) in [6, 6.07) is 12.5. The number of benzene rings is 1. The number of aryl methyl sites for hydroxylation is 2. The van der Waals surface area contributed by atoms with Crippen LogP contribution in [-0.4, -0.2) is 50.6 Å². The maximum Gasteiger partial charge on any atom is 0.490 e. The molecule has 0 fully saturated rings. The summed E-state index contributed by atoms with van der Waals surface area (Å²) in [5.41, 5.74) is 5.24. The fourth-order valence-electron chi connectivity index (χ4n) is 3.93. The van der Waals surface area contributed by atoms with Gasteiger partial charge in [0, 0.05) is 43.3 Å². The number of carboxylic acid groups (broad SMARTS) is 1. The van der Waals surface area contributed by atoms with E-state index in [4.69, 9.17) is 9.90 Å². The van der Waals surface area contributed by atoms with E-state index in [2.05, 4.69) is 40.0 Å². The van der Waals surface area contributed by atoms with Crippen molar-refractivity contribution >= 4 is 11.9 Å². The Balaban J connectivity index is 0.000000406. The zero-order valence-electron chi connectivity index (χ0n) is 19.0. The van der Waals surface area contributed by atoms with E-state index in [1.807, 2.05) is 43.8 Å². The monoisotopic (exact) mass is 477 g/mol. The maximum atomic E-state index is 12.8. The summed E-state index contributed by atoms with van der Waals surface area (Å²) in [5.74, 6) is -1.97. The molecule has 0 bridgehead atoms. The lowest BCUT2D eigenvalue weighted by molar-refractivity contribution is -0.192. The van der Waals surface area contributed by atoms with E-state index >= 15 is 0 Å². The van der Waals surface area contributed by atoms with Gasteiger partial charge in [-0.25, -0.2) is 4.79 Å². The average Bonchev–Trinajstić information content (AvgIpc) is 3.33. The molecule has 3 N–H and O–H groups in total. The van der Waals surface area contributed by atoms with E-state index in [0.717, 1.165) is 30.2 Å². The molecular weight excluding hydrogens is 451 g/mol. The molecule has 0 saturated carbocycles. The van der Waals surface area contributed by atoms with Crippen molar-refractivity contribution < 1.29 is 27.9 Å². The van der Waals surface area contributed by atoms with Crippen LogP contribution in [0.25, 0.3) is 5.82 Å². The molecule has 0 saturated heterocycles. The number of alkyl halides is 3. The first-order valence-electron chi connectivity index (χ1n) is 10.6. The Morgan fingerprint density at radius 3 is 2.53 bits per heavy atom. The minimum Gasteiger partial charge on any atom is -0.475 e. The molecule has 11 heteroatoms. The van der Waals surface area contributed by atoms with Gasteiger partial charge >= 0.3 is 12.1 Å². The van der Waals surface area contributed by atoms with Crippen molar-refractivity contribution in [2.45, 2.75) is 32.5 Å². The fraction of sp³-hybridized carbons (Fsp3) is 0.348. The third-order valence-electron chi connectivity index (χ3n) is 5.53. The predicted octanol–water partition coefficient (Wildman–Crippen LogP) is 3.08. The van der Waals surface area contributed by atoms with Crippen LogP contribution in [-0.2, 0) is 18.3 Å².